The maximum Gasteiger partial charge on any atom is 0.273 e. The highest BCUT2D eigenvalue weighted by molar-refractivity contribution is 6.55. The summed E-state index contributed by atoms with van der Waals surface area (Å²) in [4.78, 5) is 25.8. The van der Waals surface area contributed by atoms with Gasteiger partial charge >= 0.3 is 0 Å². The molecule has 7 heteroatoms. The molecule has 2 amide bonds. The van der Waals surface area contributed by atoms with E-state index in [4.69, 9.17) is 34.8 Å². The number of hydrogen-bond donors (Lipinski definition) is 0. The van der Waals surface area contributed by atoms with Crippen LogP contribution >= 0.6 is 34.8 Å². The molecule has 1 heterocycles. The van der Waals surface area contributed by atoms with E-state index in [0.717, 1.165) is 4.90 Å². The monoisotopic (exact) mass is 383 g/mol. The van der Waals surface area contributed by atoms with Gasteiger partial charge in [0.2, 0.25) is 0 Å². The third-order valence-electron chi connectivity index (χ3n) is 3.60. The fourth-order valence-corrected chi connectivity index (χ4v) is 3.20. The molecule has 0 N–H and O–H groups in total. The average molecular weight is 385 g/mol. The van der Waals surface area contributed by atoms with E-state index in [1.807, 2.05) is 0 Å². The van der Waals surface area contributed by atoms with Gasteiger partial charge in [-0.1, -0.05) is 59.1 Å². The first-order chi connectivity index (χ1) is 11.4. The van der Waals surface area contributed by atoms with Crippen LogP contribution in [0.3, 0.4) is 0 Å². The molecule has 0 unspecified atom stereocenters. The SMILES string of the molecule is O=C1C(Cl)=C(c2ccc(Cl)cc2Cl)C(=O)N1Cc1ccccc1F. The van der Waals surface area contributed by atoms with Crippen molar-refractivity contribution in [2.75, 3.05) is 0 Å². The number of benzene rings is 2. The third-order valence-corrected chi connectivity index (χ3v) is 4.50. The molecule has 3 nitrogen and oxygen atoms in total. The average Bonchev–Trinajstić information content (AvgIpc) is 2.74. The molecule has 0 fully saturated rings. The summed E-state index contributed by atoms with van der Waals surface area (Å²) in [5.74, 6) is -1.82. The highest BCUT2D eigenvalue weighted by atomic mass is 35.5. The zero-order valence-electron chi connectivity index (χ0n) is 12.0. The van der Waals surface area contributed by atoms with Crippen LogP contribution in [0, 0.1) is 5.82 Å². The van der Waals surface area contributed by atoms with Crippen LogP contribution in [0.15, 0.2) is 47.5 Å². The van der Waals surface area contributed by atoms with Crippen molar-refractivity contribution < 1.29 is 14.0 Å². The number of hydrogen-bond acceptors (Lipinski definition) is 2. The van der Waals surface area contributed by atoms with Crippen molar-refractivity contribution >= 4 is 52.2 Å². The van der Waals surface area contributed by atoms with E-state index in [1.165, 1.54) is 36.4 Å². The fraction of sp³-hybridized carbons (Fsp3) is 0.0588. The van der Waals surface area contributed by atoms with Crippen molar-refractivity contribution in [1.82, 2.24) is 4.90 Å². The second-order valence-electron chi connectivity index (χ2n) is 5.10. The van der Waals surface area contributed by atoms with E-state index in [2.05, 4.69) is 0 Å². The van der Waals surface area contributed by atoms with Gasteiger partial charge < -0.3 is 0 Å². The summed E-state index contributed by atoms with van der Waals surface area (Å²) in [6.45, 7) is -0.213. The Balaban J connectivity index is 1.97. The van der Waals surface area contributed by atoms with Gasteiger partial charge in [0.25, 0.3) is 11.8 Å². The number of nitrogens with zero attached hydrogens (tertiary/aromatic N) is 1. The first kappa shape index (κ1) is 17.0. The van der Waals surface area contributed by atoms with Crippen LogP contribution < -0.4 is 0 Å². The highest BCUT2D eigenvalue weighted by Crippen LogP contribution is 2.36. The van der Waals surface area contributed by atoms with Gasteiger partial charge in [-0.05, 0) is 18.2 Å². The lowest BCUT2D eigenvalue weighted by Gasteiger charge is -2.15. The predicted octanol–water partition coefficient (Wildman–Crippen LogP) is 4.65. The van der Waals surface area contributed by atoms with E-state index < -0.39 is 17.6 Å². The Morgan fingerprint density at radius 2 is 1.67 bits per heavy atom. The molecule has 0 spiro atoms. The minimum atomic E-state index is -0.689. The normalized spacial score (nSPS) is 14.8. The number of carbonyl (C=O) groups excluding carboxylic acids is 2. The van der Waals surface area contributed by atoms with E-state index in [0.29, 0.717) is 10.6 Å². The molecule has 0 atom stereocenters. The lowest BCUT2D eigenvalue weighted by molar-refractivity contribution is -0.137. The van der Waals surface area contributed by atoms with Crippen LogP contribution in [0.5, 0.6) is 0 Å². The summed E-state index contributed by atoms with van der Waals surface area (Å²) < 4.78 is 13.8. The summed E-state index contributed by atoms with van der Waals surface area (Å²) in [7, 11) is 0. The van der Waals surface area contributed by atoms with Crippen molar-refractivity contribution in [2.24, 2.45) is 0 Å². The number of rotatable bonds is 3. The number of carbonyl (C=O) groups is 2. The first-order valence-electron chi connectivity index (χ1n) is 6.85. The van der Waals surface area contributed by atoms with Gasteiger partial charge in [-0.3, -0.25) is 14.5 Å². The molecule has 2 aromatic rings. The van der Waals surface area contributed by atoms with Crippen molar-refractivity contribution in [3.05, 3.63) is 74.5 Å². The van der Waals surface area contributed by atoms with Gasteiger partial charge in [-0.25, -0.2) is 4.39 Å². The molecular formula is C17H9Cl3FNO2. The molecule has 24 heavy (non-hydrogen) atoms. The second-order valence-corrected chi connectivity index (χ2v) is 6.32. The van der Waals surface area contributed by atoms with Crippen molar-refractivity contribution in [3.8, 4) is 0 Å². The molecule has 1 aliphatic heterocycles. The maximum atomic E-state index is 13.8. The summed E-state index contributed by atoms with van der Waals surface area (Å²) in [6.07, 6.45) is 0. The van der Waals surface area contributed by atoms with E-state index in [9.17, 15) is 14.0 Å². The van der Waals surface area contributed by atoms with Crippen molar-refractivity contribution in [2.45, 2.75) is 6.54 Å². The van der Waals surface area contributed by atoms with Gasteiger partial charge in [0.15, 0.2) is 0 Å². The molecule has 0 radical (unpaired) electrons. The Kier molecular flexibility index (Phi) is 4.63. The molecule has 122 valence electrons. The van der Waals surface area contributed by atoms with Crippen molar-refractivity contribution in [3.63, 3.8) is 0 Å². The van der Waals surface area contributed by atoms with Crippen LogP contribution in [0.4, 0.5) is 4.39 Å². The highest BCUT2D eigenvalue weighted by Gasteiger charge is 2.39. The van der Waals surface area contributed by atoms with Crippen LogP contribution in [0.25, 0.3) is 5.57 Å². The summed E-state index contributed by atoms with van der Waals surface area (Å²) in [5, 5.41) is 0.338. The van der Waals surface area contributed by atoms with Crippen molar-refractivity contribution in [1.29, 1.82) is 0 Å². The van der Waals surface area contributed by atoms with Crippen LogP contribution in [-0.4, -0.2) is 16.7 Å². The molecule has 2 aromatic carbocycles. The smallest absolute Gasteiger partial charge is 0.269 e. The largest absolute Gasteiger partial charge is 0.273 e. The zero-order chi connectivity index (χ0) is 17.4. The van der Waals surface area contributed by atoms with E-state index in [1.54, 1.807) is 6.07 Å². The predicted molar refractivity (Wildman–Crippen MR) is 91.2 cm³/mol. The Hall–Kier alpha value is -1.88. The Bertz CT molecular complexity index is 895. The van der Waals surface area contributed by atoms with Gasteiger partial charge in [0.05, 0.1) is 17.1 Å². The van der Waals surface area contributed by atoms with Gasteiger partial charge in [-0.15, -0.1) is 0 Å². The minimum absolute atomic E-state index is 0.0142. The van der Waals surface area contributed by atoms with E-state index in [-0.39, 0.29) is 27.7 Å². The molecule has 0 aliphatic carbocycles. The number of halogens is 4. The topological polar surface area (TPSA) is 37.4 Å². The minimum Gasteiger partial charge on any atom is -0.269 e. The molecular weight excluding hydrogens is 376 g/mol. The molecule has 0 aromatic heterocycles. The third kappa shape index (κ3) is 2.93. The van der Waals surface area contributed by atoms with E-state index >= 15 is 0 Å². The van der Waals surface area contributed by atoms with Crippen LogP contribution in [-0.2, 0) is 16.1 Å². The molecule has 1 aliphatic rings. The van der Waals surface area contributed by atoms with Crippen LogP contribution in [0.1, 0.15) is 11.1 Å². The Morgan fingerprint density at radius 1 is 0.958 bits per heavy atom. The molecule has 0 bridgehead atoms. The Labute approximate surface area is 152 Å². The molecule has 0 saturated carbocycles. The number of imide groups is 1. The maximum absolute atomic E-state index is 13.8. The van der Waals surface area contributed by atoms with Gasteiger partial charge in [0.1, 0.15) is 10.8 Å². The number of amides is 2. The summed E-state index contributed by atoms with van der Waals surface area (Å²) >= 11 is 18.0. The fourth-order valence-electron chi connectivity index (χ4n) is 2.41. The first-order valence-corrected chi connectivity index (χ1v) is 7.98. The second kappa shape index (κ2) is 6.55. The Morgan fingerprint density at radius 3 is 2.33 bits per heavy atom. The molecule has 3 rings (SSSR count). The lowest BCUT2D eigenvalue weighted by Crippen LogP contribution is -2.31. The lowest BCUT2D eigenvalue weighted by atomic mass is 10.1. The standard InChI is InChI=1S/C17H9Cl3FNO2/c18-10-5-6-11(12(19)7-10)14-15(20)17(24)22(16(14)23)8-9-3-1-2-4-13(9)21/h1-7H,8H2. The molecule has 0 saturated heterocycles. The van der Waals surface area contributed by atoms with Gasteiger partial charge in [-0.2, -0.15) is 0 Å². The zero-order valence-corrected chi connectivity index (χ0v) is 14.3. The van der Waals surface area contributed by atoms with Gasteiger partial charge in [0, 0.05) is 16.1 Å². The summed E-state index contributed by atoms with van der Waals surface area (Å²) in [5.41, 5.74) is 0.507. The quantitative estimate of drug-likeness (QED) is 0.722. The summed E-state index contributed by atoms with van der Waals surface area (Å²) in [6, 6.07) is 10.4. The van der Waals surface area contributed by atoms with Crippen LogP contribution in [0.2, 0.25) is 10.0 Å².